The molecule has 2 amide bonds. The molecule has 5 rings (SSSR count). The minimum absolute atomic E-state index is 0.00418. The van der Waals surface area contributed by atoms with E-state index in [9.17, 15) is 9.59 Å². The van der Waals surface area contributed by atoms with Crippen molar-refractivity contribution in [2.45, 2.75) is 58.2 Å². The van der Waals surface area contributed by atoms with Crippen molar-refractivity contribution >= 4 is 22.7 Å². The normalized spacial score (nSPS) is 19.8. The van der Waals surface area contributed by atoms with Crippen LogP contribution in [0.25, 0.3) is 10.9 Å². The molecule has 3 heterocycles. The molecule has 2 aliphatic rings. The highest BCUT2D eigenvalue weighted by molar-refractivity contribution is 5.97. The number of rotatable bonds is 7. The molecule has 1 aromatic heterocycles. The highest BCUT2D eigenvalue weighted by atomic mass is 16.5. The predicted octanol–water partition coefficient (Wildman–Crippen LogP) is 4.45. The van der Waals surface area contributed by atoms with Crippen LogP contribution in [0.5, 0.6) is 11.5 Å². The Labute approximate surface area is 206 Å². The lowest BCUT2D eigenvalue weighted by atomic mass is 9.86. The number of carbonyl (C=O) groups excluding carboxylic acids is 2. The third kappa shape index (κ3) is 4.03. The largest absolute Gasteiger partial charge is 0.493 e. The number of nitrogens with zero attached hydrogens (tertiary/aromatic N) is 2. The molecule has 0 unspecified atom stereocenters. The quantitative estimate of drug-likeness (QED) is 0.548. The van der Waals surface area contributed by atoms with Gasteiger partial charge in [0, 0.05) is 29.6 Å². The van der Waals surface area contributed by atoms with Gasteiger partial charge in [-0.2, -0.15) is 0 Å². The molecule has 184 valence electrons. The molecule has 1 fully saturated rings. The molecule has 2 atom stereocenters. The summed E-state index contributed by atoms with van der Waals surface area (Å²) in [6, 6.07) is 13.0. The SMILES string of the molecule is CCCCN1CC(=O)N2[C@@H](c3ccc(OC(C)C)c(OC)c3)c3[nH]c4ccccc4c3C[C@H]2C1=O. The van der Waals surface area contributed by atoms with Crippen molar-refractivity contribution in [2.75, 3.05) is 20.2 Å². The van der Waals surface area contributed by atoms with Gasteiger partial charge in [0.15, 0.2) is 11.5 Å². The smallest absolute Gasteiger partial charge is 0.246 e. The van der Waals surface area contributed by atoms with E-state index in [-0.39, 0.29) is 24.5 Å². The van der Waals surface area contributed by atoms with Crippen molar-refractivity contribution in [3.8, 4) is 11.5 Å². The second-order valence-electron chi connectivity index (χ2n) is 9.68. The van der Waals surface area contributed by atoms with Gasteiger partial charge in [-0.05, 0) is 49.6 Å². The van der Waals surface area contributed by atoms with E-state index < -0.39 is 12.1 Å². The van der Waals surface area contributed by atoms with Crippen LogP contribution in [0.4, 0.5) is 0 Å². The number of hydrogen-bond donors (Lipinski definition) is 1. The Morgan fingerprint density at radius 2 is 1.91 bits per heavy atom. The van der Waals surface area contributed by atoms with Crippen LogP contribution in [0.1, 0.15) is 56.5 Å². The van der Waals surface area contributed by atoms with E-state index in [4.69, 9.17) is 9.47 Å². The molecule has 35 heavy (non-hydrogen) atoms. The molecule has 7 heteroatoms. The first-order valence-electron chi connectivity index (χ1n) is 12.5. The Morgan fingerprint density at radius 3 is 2.66 bits per heavy atom. The molecular weight excluding hydrogens is 442 g/mol. The summed E-state index contributed by atoms with van der Waals surface area (Å²) in [5.41, 5.74) is 3.97. The number of H-pyrrole nitrogens is 1. The number of aromatic amines is 1. The number of unbranched alkanes of at least 4 members (excludes halogenated alkanes) is 1. The van der Waals surface area contributed by atoms with E-state index >= 15 is 0 Å². The van der Waals surface area contributed by atoms with Crippen LogP contribution in [0.2, 0.25) is 0 Å². The summed E-state index contributed by atoms with van der Waals surface area (Å²) in [4.78, 5) is 34.3. The minimum Gasteiger partial charge on any atom is -0.493 e. The molecule has 0 aliphatic carbocycles. The number of piperazine rings is 1. The van der Waals surface area contributed by atoms with E-state index in [0.29, 0.717) is 24.5 Å². The maximum absolute atomic E-state index is 13.6. The average Bonchev–Trinajstić information content (AvgIpc) is 3.22. The molecule has 3 aromatic rings. The Hall–Kier alpha value is -3.48. The van der Waals surface area contributed by atoms with Gasteiger partial charge in [-0.1, -0.05) is 37.6 Å². The van der Waals surface area contributed by atoms with Gasteiger partial charge in [-0.15, -0.1) is 0 Å². The molecule has 0 bridgehead atoms. The number of hydrogen-bond acceptors (Lipinski definition) is 4. The number of carbonyl (C=O) groups is 2. The lowest BCUT2D eigenvalue weighted by molar-refractivity contribution is -0.158. The highest BCUT2D eigenvalue weighted by Crippen LogP contribution is 2.44. The van der Waals surface area contributed by atoms with E-state index in [0.717, 1.165) is 40.6 Å². The number of para-hydroxylation sites is 1. The van der Waals surface area contributed by atoms with Gasteiger partial charge >= 0.3 is 0 Å². The van der Waals surface area contributed by atoms with Crippen LogP contribution < -0.4 is 9.47 Å². The zero-order valence-electron chi connectivity index (χ0n) is 20.8. The summed E-state index contributed by atoms with van der Waals surface area (Å²) < 4.78 is 11.6. The average molecular weight is 476 g/mol. The summed E-state index contributed by atoms with van der Waals surface area (Å²) in [6.45, 7) is 6.77. The van der Waals surface area contributed by atoms with E-state index in [2.05, 4.69) is 18.0 Å². The monoisotopic (exact) mass is 475 g/mol. The molecule has 2 aliphatic heterocycles. The van der Waals surface area contributed by atoms with Gasteiger partial charge in [0.25, 0.3) is 0 Å². The number of ether oxygens (including phenoxy) is 2. The highest BCUT2D eigenvalue weighted by Gasteiger charge is 2.48. The molecule has 0 spiro atoms. The fourth-order valence-electron chi connectivity index (χ4n) is 5.41. The van der Waals surface area contributed by atoms with Crippen LogP contribution in [-0.4, -0.2) is 58.9 Å². The van der Waals surface area contributed by atoms with Gasteiger partial charge in [0.2, 0.25) is 11.8 Å². The third-order valence-electron chi connectivity index (χ3n) is 6.99. The zero-order chi connectivity index (χ0) is 24.7. The van der Waals surface area contributed by atoms with E-state index in [1.807, 2.05) is 50.2 Å². The predicted molar refractivity (Wildman–Crippen MR) is 135 cm³/mol. The van der Waals surface area contributed by atoms with Crippen LogP contribution in [-0.2, 0) is 16.0 Å². The summed E-state index contributed by atoms with van der Waals surface area (Å²) in [5, 5.41) is 1.10. The van der Waals surface area contributed by atoms with Crippen molar-refractivity contribution in [1.29, 1.82) is 0 Å². The van der Waals surface area contributed by atoms with Gasteiger partial charge in [-0.3, -0.25) is 9.59 Å². The zero-order valence-corrected chi connectivity index (χ0v) is 20.8. The van der Waals surface area contributed by atoms with Gasteiger partial charge in [0.1, 0.15) is 6.04 Å². The van der Waals surface area contributed by atoms with Crippen LogP contribution in [0.3, 0.4) is 0 Å². The second-order valence-corrected chi connectivity index (χ2v) is 9.68. The number of amides is 2. The minimum atomic E-state index is -0.526. The Bertz CT molecular complexity index is 1260. The van der Waals surface area contributed by atoms with Gasteiger partial charge < -0.3 is 24.3 Å². The van der Waals surface area contributed by atoms with Crippen molar-refractivity contribution in [1.82, 2.24) is 14.8 Å². The number of benzene rings is 2. The number of aromatic nitrogens is 1. The summed E-state index contributed by atoms with van der Waals surface area (Å²) >= 11 is 0. The fraction of sp³-hybridized carbons (Fsp3) is 0.429. The van der Waals surface area contributed by atoms with Crippen LogP contribution >= 0.6 is 0 Å². The summed E-state index contributed by atoms with van der Waals surface area (Å²) in [5.74, 6) is 1.27. The van der Waals surface area contributed by atoms with E-state index in [1.165, 1.54) is 0 Å². The Balaban J connectivity index is 1.65. The lowest BCUT2D eigenvalue weighted by Crippen LogP contribution is -2.63. The maximum atomic E-state index is 13.6. The molecular formula is C28H33N3O4. The molecule has 7 nitrogen and oxygen atoms in total. The molecule has 2 aromatic carbocycles. The van der Waals surface area contributed by atoms with Crippen molar-refractivity contribution < 1.29 is 19.1 Å². The van der Waals surface area contributed by atoms with Crippen molar-refractivity contribution in [3.05, 3.63) is 59.3 Å². The lowest BCUT2D eigenvalue weighted by Gasteiger charge is -2.47. The number of methoxy groups -OCH3 is 1. The first-order valence-corrected chi connectivity index (χ1v) is 12.5. The topological polar surface area (TPSA) is 74.9 Å². The Morgan fingerprint density at radius 1 is 1.11 bits per heavy atom. The van der Waals surface area contributed by atoms with Crippen molar-refractivity contribution in [3.63, 3.8) is 0 Å². The first-order chi connectivity index (χ1) is 16.9. The van der Waals surface area contributed by atoms with Gasteiger partial charge in [-0.25, -0.2) is 0 Å². The standard InChI is InChI=1S/C28H33N3O4/c1-5-6-13-30-16-25(32)31-22(28(30)33)15-20-19-9-7-8-10-21(19)29-26(20)27(31)18-11-12-23(35-17(2)3)24(14-18)34-4/h7-12,14,17,22,27,29H,5-6,13,15-16H2,1-4H3/t22-,27-/m0/s1. The molecule has 0 radical (unpaired) electrons. The van der Waals surface area contributed by atoms with Crippen LogP contribution in [0, 0.1) is 0 Å². The van der Waals surface area contributed by atoms with E-state index in [1.54, 1.807) is 16.9 Å². The number of nitrogens with one attached hydrogen (secondary N) is 1. The molecule has 1 N–H and O–H groups in total. The number of fused-ring (bicyclic) bond motifs is 4. The summed E-state index contributed by atoms with van der Waals surface area (Å²) in [6.07, 6.45) is 2.38. The van der Waals surface area contributed by atoms with Gasteiger partial charge in [0.05, 0.1) is 25.8 Å². The van der Waals surface area contributed by atoms with Crippen LogP contribution in [0.15, 0.2) is 42.5 Å². The molecule has 1 saturated heterocycles. The third-order valence-corrected chi connectivity index (χ3v) is 6.99. The summed E-state index contributed by atoms with van der Waals surface area (Å²) in [7, 11) is 1.62. The maximum Gasteiger partial charge on any atom is 0.246 e. The molecule has 0 saturated carbocycles. The fourth-order valence-corrected chi connectivity index (χ4v) is 5.41. The second kappa shape index (κ2) is 9.29. The van der Waals surface area contributed by atoms with Crippen molar-refractivity contribution in [2.24, 2.45) is 0 Å². The first kappa shape index (κ1) is 23.3. The Kier molecular flexibility index (Phi) is 6.17.